The average Bonchev–Trinajstić information content (AvgIpc) is 2.77. The van der Waals surface area contributed by atoms with Gasteiger partial charge in [-0.25, -0.2) is 9.50 Å². The summed E-state index contributed by atoms with van der Waals surface area (Å²) in [6, 6.07) is 2.36. The van der Waals surface area contributed by atoms with Gasteiger partial charge in [-0.1, -0.05) is 13.5 Å². The van der Waals surface area contributed by atoms with Crippen molar-refractivity contribution in [2.24, 2.45) is 0 Å². The zero-order chi connectivity index (χ0) is 13.1. The van der Waals surface area contributed by atoms with Crippen LogP contribution in [-0.2, 0) is 0 Å². The maximum atomic E-state index is 4.22. The first-order valence-corrected chi connectivity index (χ1v) is 6.98. The maximum absolute atomic E-state index is 4.22. The van der Waals surface area contributed by atoms with Gasteiger partial charge in [-0.3, -0.25) is 0 Å². The molecule has 0 aliphatic rings. The summed E-state index contributed by atoms with van der Waals surface area (Å²) in [5.74, 6) is 1.03. The van der Waals surface area contributed by atoms with E-state index >= 15 is 0 Å². The molecule has 2 aromatic heterocycles. The summed E-state index contributed by atoms with van der Waals surface area (Å²) in [6.07, 6.45) is 3.59. The van der Waals surface area contributed by atoms with Gasteiger partial charge in [0.2, 0.25) is 0 Å². The largest absolute Gasteiger partial charge is 0.374 e. The van der Waals surface area contributed by atoms with Crippen LogP contribution in [0.25, 0.3) is 5.65 Å². The zero-order valence-corrected chi connectivity index (χ0v) is 11.8. The average molecular weight is 262 g/mol. The second kappa shape index (κ2) is 5.44. The van der Waals surface area contributed by atoms with E-state index in [0.29, 0.717) is 0 Å². The van der Waals surface area contributed by atoms with Gasteiger partial charge < -0.3 is 5.32 Å². The molecule has 1 atom stereocenters. The zero-order valence-electron chi connectivity index (χ0n) is 11.0. The monoisotopic (exact) mass is 262 g/mol. The summed E-state index contributed by atoms with van der Waals surface area (Å²) in [4.78, 5) is 4.22. The number of aromatic nitrogens is 3. The van der Waals surface area contributed by atoms with Gasteiger partial charge in [-0.15, -0.1) is 11.8 Å². The molecule has 1 unspecified atom stereocenters. The molecule has 96 valence electrons. The van der Waals surface area contributed by atoms with E-state index in [1.54, 1.807) is 18.1 Å². The van der Waals surface area contributed by atoms with E-state index in [4.69, 9.17) is 0 Å². The molecule has 18 heavy (non-hydrogen) atoms. The lowest BCUT2D eigenvalue weighted by atomic mass is 10.1. The molecule has 2 rings (SSSR count). The number of fused-ring (bicyclic) bond motifs is 1. The van der Waals surface area contributed by atoms with Crippen LogP contribution in [0.1, 0.15) is 31.0 Å². The SMILES string of the molecule is C=C(NC(C)c1cc(C)c2ncnn2c1)SCC. The number of rotatable bonds is 5. The van der Waals surface area contributed by atoms with Crippen LogP contribution in [0.3, 0.4) is 0 Å². The normalized spacial score (nSPS) is 12.6. The van der Waals surface area contributed by atoms with E-state index in [0.717, 1.165) is 22.0 Å². The summed E-state index contributed by atoms with van der Waals surface area (Å²) in [5, 5.41) is 8.58. The second-order valence-corrected chi connectivity index (χ2v) is 5.57. The summed E-state index contributed by atoms with van der Waals surface area (Å²) < 4.78 is 1.82. The van der Waals surface area contributed by atoms with Crippen molar-refractivity contribution in [3.05, 3.63) is 41.3 Å². The Bertz CT molecular complexity index is 561. The van der Waals surface area contributed by atoms with E-state index in [1.165, 1.54) is 5.56 Å². The van der Waals surface area contributed by atoms with Gasteiger partial charge in [0.1, 0.15) is 6.33 Å². The standard InChI is InChI=1S/C13H18N4S/c1-5-18-11(4)16-10(3)12-6-9(2)13-14-8-15-17(13)7-12/h6-8,10,16H,4-5H2,1-3H3. The molecule has 0 aromatic carbocycles. The van der Waals surface area contributed by atoms with Crippen molar-refractivity contribution < 1.29 is 0 Å². The Morgan fingerprint density at radius 3 is 3.11 bits per heavy atom. The lowest BCUT2D eigenvalue weighted by Crippen LogP contribution is -2.16. The number of nitrogens with zero attached hydrogens (tertiary/aromatic N) is 3. The molecular weight excluding hydrogens is 244 g/mol. The smallest absolute Gasteiger partial charge is 0.158 e. The molecule has 0 fully saturated rings. The van der Waals surface area contributed by atoms with Gasteiger partial charge in [-0.05, 0) is 36.8 Å². The first-order valence-electron chi connectivity index (χ1n) is 6.00. The molecule has 0 aliphatic heterocycles. The molecule has 2 aromatic rings. The van der Waals surface area contributed by atoms with Crippen LogP contribution in [0.4, 0.5) is 0 Å². The van der Waals surface area contributed by atoms with Crippen molar-refractivity contribution in [1.29, 1.82) is 0 Å². The molecule has 0 saturated carbocycles. The molecule has 0 spiro atoms. The van der Waals surface area contributed by atoms with Crippen molar-refractivity contribution in [2.75, 3.05) is 5.75 Å². The van der Waals surface area contributed by atoms with Crippen LogP contribution >= 0.6 is 11.8 Å². The minimum atomic E-state index is 0.212. The second-order valence-electron chi connectivity index (χ2n) is 4.21. The summed E-state index contributed by atoms with van der Waals surface area (Å²) in [5.41, 5.74) is 3.23. The number of pyridine rings is 1. The topological polar surface area (TPSA) is 42.2 Å². The van der Waals surface area contributed by atoms with Crippen LogP contribution < -0.4 is 5.32 Å². The fraction of sp³-hybridized carbons (Fsp3) is 0.385. The van der Waals surface area contributed by atoms with Crippen LogP contribution in [0.2, 0.25) is 0 Å². The van der Waals surface area contributed by atoms with Crippen LogP contribution in [-0.4, -0.2) is 20.4 Å². The summed E-state index contributed by atoms with van der Waals surface area (Å²) in [6.45, 7) is 10.3. The molecule has 0 radical (unpaired) electrons. The first kappa shape index (κ1) is 13.0. The number of nitrogens with one attached hydrogen (secondary N) is 1. The Morgan fingerprint density at radius 1 is 1.61 bits per heavy atom. The number of thioether (sulfide) groups is 1. The van der Waals surface area contributed by atoms with Gasteiger partial charge in [0.05, 0.1) is 11.1 Å². The van der Waals surface area contributed by atoms with Crippen molar-refractivity contribution in [3.63, 3.8) is 0 Å². The fourth-order valence-electron chi connectivity index (χ4n) is 1.90. The predicted octanol–water partition coefficient (Wildman–Crippen LogP) is 2.91. The third-order valence-electron chi connectivity index (χ3n) is 2.78. The van der Waals surface area contributed by atoms with Gasteiger partial charge in [0, 0.05) is 6.20 Å². The molecular formula is C13H18N4S. The van der Waals surface area contributed by atoms with Gasteiger partial charge >= 0.3 is 0 Å². The quantitative estimate of drug-likeness (QED) is 0.899. The predicted molar refractivity (Wildman–Crippen MR) is 76.5 cm³/mol. The Balaban J connectivity index is 2.22. The third kappa shape index (κ3) is 2.67. The molecule has 0 bridgehead atoms. The molecule has 0 saturated heterocycles. The lowest BCUT2D eigenvalue weighted by molar-refractivity contribution is 0.671. The highest BCUT2D eigenvalue weighted by atomic mass is 32.2. The van der Waals surface area contributed by atoms with Crippen molar-refractivity contribution in [2.45, 2.75) is 26.8 Å². The highest BCUT2D eigenvalue weighted by molar-refractivity contribution is 8.02. The summed E-state index contributed by atoms with van der Waals surface area (Å²) >= 11 is 1.72. The number of hydrogen-bond donors (Lipinski definition) is 1. The molecule has 1 N–H and O–H groups in total. The van der Waals surface area contributed by atoms with E-state index in [-0.39, 0.29) is 6.04 Å². The highest BCUT2D eigenvalue weighted by Gasteiger charge is 2.09. The fourth-order valence-corrected chi connectivity index (χ4v) is 2.51. The summed E-state index contributed by atoms with van der Waals surface area (Å²) in [7, 11) is 0. The van der Waals surface area contributed by atoms with Gasteiger partial charge in [-0.2, -0.15) is 5.10 Å². The Hall–Kier alpha value is -1.49. The molecule has 0 amide bonds. The minimum absolute atomic E-state index is 0.212. The van der Waals surface area contributed by atoms with E-state index in [2.05, 4.69) is 48.8 Å². The van der Waals surface area contributed by atoms with E-state index < -0.39 is 0 Å². The molecule has 4 nitrogen and oxygen atoms in total. The minimum Gasteiger partial charge on any atom is -0.374 e. The first-order chi connectivity index (χ1) is 8.61. The molecule has 2 heterocycles. The van der Waals surface area contributed by atoms with Gasteiger partial charge in [0.15, 0.2) is 5.65 Å². The van der Waals surface area contributed by atoms with Crippen molar-refractivity contribution in [1.82, 2.24) is 19.9 Å². The Kier molecular flexibility index (Phi) is 3.91. The molecule has 0 aliphatic carbocycles. The van der Waals surface area contributed by atoms with Crippen LogP contribution in [0, 0.1) is 6.92 Å². The third-order valence-corrected chi connectivity index (χ3v) is 3.53. The Labute approximate surface area is 111 Å². The van der Waals surface area contributed by atoms with Gasteiger partial charge in [0.25, 0.3) is 0 Å². The van der Waals surface area contributed by atoms with Crippen molar-refractivity contribution >= 4 is 17.4 Å². The van der Waals surface area contributed by atoms with Crippen LogP contribution in [0.15, 0.2) is 30.2 Å². The maximum Gasteiger partial charge on any atom is 0.158 e. The molecule has 5 heteroatoms. The highest BCUT2D eigenvalue weighted by Crippen LogP contribution is 2.20. The Morgan fingerprint density at radius 2 is 2.39 bits per heavy atom. The number of hydrogen-bond acceptors (Lipinski definition) is 4. The lowest BCUT2D eigenvalue weighted by Gasteiger charge is -2.17. The van der Waals surface area contributed by atoms with Crippen LogP contribution in [0.5, 0.6) is 0 Å². The number of aryl methyl sites for hydroxylation is 1. The van der Waals surface area contributed by atoms with E-state index in [9.17, 15) is 0 Å². The van der Waals surface area contributed by atoms with Crippen molar-refractivity contribution in [3.8, 4) is 0 Å². The van der Waals surface area contributed by atoms with E-state index in [1.807, 2.05) is 10.7 Å².